The number of hydrogen-bond acceptors (Lipinski definition) is 3. The first kappa shape index (κ1) is 17.2. The van der Waals surface area contributed by atoms with Crippen molar-refractivity contribution in [1.29, 1.82) is 0 Å². The largest absolute Gasteiger partial charge is 0.315 e. The molecule has 2 aromatic rings. The molecule has 0 unspecified atom stereocenters. The van der Waals surface area contributed by atoms with Crippen molar-refractivity contribution in [2.75, 3.05) is 11.9 Å². The molecule has 5 heteroatoms. The summed E-state index contributed by atoms with van der Waals surface area (Å²) in [6.45, 7) is 3.31. The number of carbonyl (C=O) groups excluding carboxylic acids is 1. The van der Waals surface area contributed by atoms with Gasteiger partial charge in [-0.25, -0.2) is 8.42 Å². The van der Waals surface area contributed by atoms with E-state index in [0.29, 0.717) is 4.90 Å². The Labute approximate surface area is 137 Å². The number of benzene rings is 2. The molecule has 0 spiro atoms. The van der Waals surface area contributed by atoms with Gasteiger partial charge in [0.25, 0.3) is 0 Å². The Morgan fingerprint density at radius 3 is 2.09 bits per heavy atom. The predicted octanol–water partition coefficient (Wildman–Crippen LogP) is 3.07. The van der Waals surface area contributed by atoms with Crippen LogP contribution in [0, 0.1) is 0 Å². The minimum absolute atomic E-state index is 0.0457. The molecule has 0 aliphatic heterocycles. The van der Waals surface area contributed by atoms with Gasteiger partial charge < -0.3 is 4.90 Å². The van der Waals surface area contributed by atoms with Crippen molar-refractivity contribution in [2.45, 2.75) is 30.4 Å². The Morgan fingerprint density at radius 1 is 1.00 bits per heavy atom. The molecule has 23 heavy (non-hydrogen) atoms. The summed E-state index contributed by atoms with van der Waals surface area (Å²) in [4.78, 5) is 14.2. The zero-order valence-electron chi connectivity index (χ0n) is 13.6. The molecule has 0 aliphatic carbocycles. The van der Waals surface area contributed by atoms with Gasteiger partial charge in [0.2, 0.25) is 5.91 Å². The lowest BCUT2D eigenvalue weighted by Crippen LogP contribution is -2.27. The number of anilines is 1. The average Bonchev–Trinajstić information content (AvgIpc) is 2.55. The van der Waals surface area contributed by atoms with E-state index in [9.17, 15) is 13.2 Å². The molecule has 0 aliphatic rings. The summed E-state index contributed by atoms with van der Waals surface area (Å²) in [5.74, 6) is -0.0457. The number of para-hydroxylation sites is 1. The second-order valence-corrected chi connectivity index (χ2v) is 8.21. The highest BCUT2D eigenvalue weighted by Gasteiger charge is 2.19. The highest BCUT2D eigenvalue weighted by molar-refractivity contribution is 7.92. The summed E-state index contributed by atoms with van der Waals surface area (Å²) in [5, 5.41) is -0.459. The van der Waals surface area contributed by atoms with Gasteiger partial charge in [-0.05, 0) is 43.7 Å². The monoisotopic (exact) mass is 331 g/mol. The molecular weight excluding hydrogens is 310 g/mol. The first-order valence-corrected chi connectivity index (χ1v) is 9.01. The highest BCUT2D eigenvalue weighted by Crippen LogP contribution is 2.18. The zero-order chi connectivity index (χ0) is 17.0. The van der Waals surface area contributed by atoms with E-state index in [4.69, 9.17) is 0 Å². The molecule has 0 atom stereocenters. The molecule has 0 fully saturated rings. The van der Waals surface area contributed by atoms with Crippen LogP contribution < -0.4 is 4.90 Å². The van der Waals surface area contributed by atoms with Crippen LogP contribution in [0.25, 0.3) is 0 Å². The number of amides is 1. The summed E-state index contributed by atoms with van der Waals surface area (Å²) in [6.07, 6.45) is 0.230. The number of hydrogen-bond donors (Lipinski definition) is 0. The van der Waals surface area contributed by atoms with Gasteiger partial charge in [-0.3, -0.25) is 4.79 Å². The van der Waals surface area contributed by atoms with E-state index in [0.717, 1.165) is 11.3 Å². The lowest BCUT2D eigenvalue weighted by atomic mass is 10.1. The molecule has 0 aromatic heterocycles. The minimum atomic E-state index is -3.28. The normalized spacial score (nSPS) is 11.5. The summed E-state index contributed by atoms with van der Waals surface area (Å²) in [6, 6.07) is 15.9. The van der Waals surface area contributed by atoms with Crippen LogP contribution in [0.15, 0.2) is 59.5 Å². The summed E-state index contributed by atoms with van der Waals surface area (Å²) in [5.41, 5.74) is 1.62. The summed E-state index contributed by atoms with van der Waals surface area (Å²) < 4.78 is 24.2. The van der Waals surface area contributed by atoms with Gasteiger partial charge in [-0.15, -0.1) is 0 Å². The Morgan fingerprint density at radius 2 is 1.57 bits per heavy atom. The van der Waals surface area contributed by atoms with E-state index in [1.165, 1.54) is 0 Å². The molecule has 0 saturated carbocycles. The van der Waals surface area contributed by atoms with Crippen molar-refractivity contribution in [3.8, 4) is 0 Å². The smallest absolute Gasteiger partial charge is 0.231 e. The third-order valence-electron chi connectivity index (χ3n) is 3.75. The van der Waals surface area contributed by atoms with Gasteiger partial charge in [0, 0.05) is 12.7 Å². The zero-order valence-corrected chi connectivity index (χ0v) is 14.4. The van der Waals surface area contributed by atoms with Crippen molar-refractivity contribution in [1.82, 2.24) is 0 Å². The lowest BCUT2D eigenvalue weighted by Gasteiger charge is -2.17. The fourth-order valence-corrected chi connectivity index (χ4v) is 3.22. The number of carbonyl (C=O) groups is 1. The number of nitrogens with zero attached hydrogens (tertiary/aromatic N) is 1. The molecule has 0 saturated heterocycles. The van der Waals surface area contributed by atoms with Gasteiger partial charge in [0.1, 0.15) is 0 Å². The van der Waals surface area contributed by atoms with Crippen LogP contribution in [0.5, 0.6) is 0 Å². The molecule has 4 nitrogen and oxygen atoms in total. The maximum absolute atomic E-state index is 12.3. The van der Waals surface area contributed by atoms with Gasteiger partial charge in [-0.2, -0.15) is 0 Å². The first-order chi connectivity index (χ1) is 10.8. The molecule has 0 bridgehead atoms. The van der Waals surface area contributed by atoms with Crippen LogP contribution in [-0.2, 0) is 21.1 Å². The molecule has 2 rings (SSSR count). The van der Waals surface area contributed by atoms with Crippen LogP contribution in [-0.4, -0.2) is 26.6 Å². The van der Waals surface area contributed by atoms with Gasteiger partial charge in [-0.1, -0.05) is 30.3 Å². The molecule has 0 N–H and O–H groups in total. The Hall–Kier alpha value is -2.14. The van der Waals surface area contributed by atoms with Crippen molar-refractivity contribution >= 4 is 21.4 Å². The molecular formula is C18H21NO3S. The number of sulfone groups is 1. The van der Waals surface area contributed by atoms with E-state index in [1.54, 1.807) is 50.1 Å². The second kappa shape index (κ2) is 6.96. The Bertz CT molecular complexity index is 766. The third kappa shape index (κ3) is 3.99. The predicted molar refractivity (Wildman–Crippen MR) is 92.3 cm³/mol. The Balaban J connectivity index is 2.11. The van der Waals surface area contributed by atoms with E-state index in [1.807, 2.05) is 30.3 Å². The molecule has 1 amide bonds. The number of rotatable bonds is 5. The molecule has 0 heterocycles. The molecule has 122 valence electrons. The van der Waals surface area contributed by atoms with Crippen molar-refractivity contribution in [2.24, 2.45) is 0 Å². The van der Waals surface area contributed by atoms with Crippen LogP contribution in [0.4, 0.5) is 5.69 Å². The van der Waals surface area contributed by atoms with Crippen LogP contribution in [0.2, 0.25) is 0 Å². The molecule has 2 aromatic carbocycles. The van der Waals surface area contributed by atoms with Crippen molar-refractivity contribution < 1.29 is 13.2 Å². The topological polar surface area (TPSA) is 54.5 Å². The third-order valence-corrected chi connectivity index (χ3v) is 5.92. The summed E-state index contributed by atoms with van der Waals surface area (Å²) >= 11 is 0. The van der Waals surface area contributed by atoms with E-state index in [-0.39, 0.29) is 12.3 Å². The van der Waals surface area contributed by atoms with Crippen LogP contribution in [0.3, 0.4) is 0 Å². The van der Waals surface area contributed by atoms with Crippen molar-refractivity contribution in [3.05, 3.63) is 60.2 Å². The minimum Gasteiger partial charge on any atom is -0.315 e. The fraction of sp³-hybridized carbons (Fsp3) is 0.278. The maximum atomic E-state index is 12.3. The van der Waals surface area contributed by atoms with Gasteiger partial charge >= 0.3 is 0 Å². The van der Waals surface area contributed by atoms with Gasteiger partial charge in [0.15, 0.2) is 9.84 Å². The van der Waals surface area contributed by atoms with Crippen LogP contribution in [0.1, 0.15) is 19.4 Å². The van der Waals surface area contributed by atoms with E-state index >= 15 is 0 Å². The van der Waals surface area contributed by atoms with E-state index in [2.05, 4.69) is 0 Å². The average molecular weight is 331 g/mol. The van der Waals surface area contributed by atoms with Gasteiger partial charge in [0.05, 0.1) is 16.6 Å². The van der Waals surface area contributed by atoms with Crippen LogP contribution >= 0.6 is 0 Å². The summed E-state index contributed by atoms with van der Waals surface area (Å²) in [7, 11) is -1.55. The number of likely N-dealkylation sites (N-methyl/N-ethyl adjacent to an activating group) is 1. The quantitative estimate of drug-likeness (QED) is 0.846. The van der Waals surface area contributed by atoms with Crippen molar-refractivity contribution in [3.63, 3.8) is 0 Å². The molecule has 0 radical (unpaired) electrons. The van der Waals surface area contributed by atoms with E-state index < -0.39 is 15.1 Å². The standard InChI is InChI=1S/C18H21NO3S/c1-14(2)23(21,22)17-11-9-15(10-12-17)13-18(20)19(3)16-7-5-4-6-8-16/h4-12,14H,13H2,1-3H3. The SMILES string of the molecule is CC(C)S(=O)(=O)c1ccc(CC(=O)N(C)c2ccccc2)cc1. The maximum Gasteiger partial charge on any atom is 0.231 e. The lowest BCUT2D eigenvalue weighted by molar-refractivity contribution is -0.117. The fourth-order valence-electron chi connectivity index (χ4n) is 2.16. The Kier molecular flexibility index (Phi) is 5.21. The second-order valence-electron chi connectivity index (χ2n) is 5.70. The highest BCUT2D eigenvalue weighted by atomic mass is 32.2. The first-order valence-electron chi connectivity index (χ1n) is 7.47.